The minimum Gasteiger partial charge on any atom is -0.326 e. The first-order valence-electron chi connectivity index (χ1n) is 9.40. The summed E-state index contributed by atoms with van der Waals surface area (Å²) in [6, 6.07) is 23.1. The molecule has 29 heavy (non-hydrogen) atoms. The Hall–Kier alpha value is -3.05. The lowest BCUT2D eigenvalue weighted by molar-refractivity contribution is -0.116. The van der Waals surface area contributed by atoms with Gasteiger partial charge in [0.05, 0.1) is 0 Å². The summed E-state index contributed by atoms with van der Waals surface area (Å²) >= 11 is 1.46. The Kier molecular flexibility index (Phi) is 6.73. The second kappa shape index (κ2) is 9.43. The maximum absolute atomic E-state index is 13.2. The molecule has 0 aliphatic rings. The highest BCUT2D eigenvalue weighted by Gasteiger charge is 2.23. The van der Waals surface area contributed by atoms with E-state index in [0.717, 1.165) is 27.3 Å². The van der Waals surface area contributed by atoms with Crippen LogP contribution in [-0.2, 0) is 9.59 Å². The highest BCUT2D eigenvalue weighted by Crippen LogP contribution is 2.37. The minimum absolute atomic E-state index is 0.0835. The maximum atomic E-state index is 13.2. The summed E-state index contributed by atoms with van der Waals surface area (Å²) in [6.45, 7) is 5.51. The van der Waals surface area contributed by atoms with Crippen LogP contribution in [0.15, 0.2) is 77.7 Å². The van der Waals surface area contributed by atoms with Crippen LogP contribution in [0, 0.1) is 13.8 Å². The molecule has 0 saturated heterocycles. The van der Waals surface area contributed by atoms with E-state index in [-0.39, 0.29) is 11.8 Å². The molecular weight excluding hydrogens is 380 g/mol. The molecule has 2 N–H and O–H groups in total. The van der Waals surface area contributed by atoms with Crippen LogP contribution in [0.1, 0.15) is 28.9 Å². The fraction of sp³-hybridized carbons (Fsp3) is 0.167. The SMILES string of the molecule is CC(=O)Nc1cccc(SC(C(=O)Nc2cccc(C)c2C)c2ccccc2)c1. The molecule has 3 rings (SSSR count). The molecule has 4 nitrogen and oxygen atoms in total. The zero-order chi connectivity index (χ0) is 20.8. The molecule has 0 spiro atoms. The molecule has 148 valence electrons. The monoisotopic (exact) mass is 404 g/mol. The molecule has 1 unspecified atom stereocenters. The van der Waals surface area contributed by atoms with Gasteiger partial charge in [-0.1, -0.05) is 48.5 Å². The molecule has 0 radical (unpaired) electrons. The molecule has 0 bridgehead atoms. The molecular formula is C24H24N2O2S. The number of hydrogen-bond donors (Lipinski definition) is 2. The number of amides is 2. The van der Waals surface area contributed by atoms with Crippen molar-refractivity contribution in [2.24, 2.45) is 0 Å². The van der Waals surface area contributed by atoms with Crippen LogP contribution in [0.4, 0.5) is 11.4 Å². The fourth-order valence-electron chi connectivity index (χ4n) is 2.97. The predicted octanol–water partition coefficient (Wildman–Crippen LogP) is 5.73. The largest absolute Gasteiger partial charge is 0.326 e. The Morgan fingerprint density at radius 3 is 2.31 bits per heavy atom. The van der Waals surface area contributed by atoms with E-state index in [1.807, 2.05) is 86.6 Å². The zero-order valence-corrected chi connectivity index (χ0v) is 17.5. The van der Waals surface area contributed by atoms with E-state index < -0.39 is 5.25 Å². The van der Waals surface area contributed by atoms with Crippen LogP contribution in [0.25, 0.3) is 0 Å². The van der Waals surface area contributed by atoms with Crippen molar-refractivity contribution in [1.82, 2.24) is 0 Å². The number of aryl methyl sites for hydroxylation is 1. The van der Waals surface area contributed by atoms with Gasteiger partial charge in [-0.15, -0.1) is 11.8 Å². The van der Waals surface area contributed by atoms with E-state index in [0.29, 0.717) is 5.69 Å². The number of nitrogens with one attached hydrogen (secondary N) is 2. The lowest BCUT2D eigenvalue weighted by atomic mass is 10.1. The molecule has 0 fully saturated rings. The van der Waals surface area contributed by atoms with Gasteiger partial charge in [0.15, 0.2) is 0 Å². The van der Waals surface area contributed by atoms with Gasteiger partial charge in [0.2, 0.25) is 11.8 Å². The number of benzene rings is 3. The number of carbonyl (C=O) groups is 2. The van der Waals surface area contributed by atoms with Crippen molar-refractivity contribution in [3.8, 4) is 0 Å². The molecule has 0 aliphatic heterocycles. The molecule has 0 aliphatic carbocycles. The average Bonchev–Trinajstić information content (AvgIpc) is 2.70. The third-order valence-corrected chi connectivity index (χ3v) is 5.86. The minimum atomic E-state index is -0.427. The van der Waals surface area contributed by atoms with E-state index in [4.69, 9.17) is 0 Å². The van der Waals surface area contributed by atoms with Crippen LogP contribution in [0.3, 0.4) is 0 Å². The van der Waals surface area contributed by atoms with Gasteiger partial charge in [0.25, 0.3) is 0 Å². The second-order valence-electron chi connectivity index (χ2n) is 6.85. The van der Waals surface area contributed by atoms with Crippen molar-refractivity contribution in [2.75, 3.05) is 10.6 Å². The van der Waals surface area contributed by atoms with Crippen LogP contribution in [-0.4, -0.2) is 11.8 Å². The normalized spacial score (nSPS) is 11.6. The summed E-state index contributed by atoms with van der Waals surface area (Å²) in [7, 11) is 0. The first-order valence-corrected chi connectivity index (χ1v) is 10.3. The van der Waals surface area contributed by atoms with Gasteiger partial charge >= 0.3 is 0 Å². The molecule has 2 amide bonds. The molecule has 5 heteroatoms. The lowest BCUT2D eigenvalue weighted by Gasteiger charge is -2.19. The predicted molar refractivity (Wildman–Crippen MR) is 120 cm³/mol. The third-order valence-electron chi connectivity index (χ3n) is 4.61. The van der Waals surface area contributed by atoms with E-state index in [2.05, 4.69) is 10.6 Å². The quantitative estimate of drug-likeness (QED) is 0.516. The number of anilines is 2. The van der Waals surface area contributed by atoms with Crippen molar-refractivity contribution in [2.45, 2.75) is 30.9 Å². The second-order valence-corrected chi connectivity index (χ2v) is 8.03. The summed E-state index contributed by atoms with van der Waals surface area (Å²) in [5.41, 5.74) is 4.65. The number of thioether (sulfide) groups is 1. The highest BCUT2D eigenvalue weighted by atomic mass is 32.2. The van der Waals surface area contributed by atoms with E-state index in [1.54, 1.807) is 0 Å². The summed E-state index contributed by atoms with van der Waals surface area (Å²) in [6.07, 6.45) is 0. The average molecular weight is 405 g/mol. The Balaban J connectivity index is 1.88. The summed E-state index contributed by atoms with van der Waals surface area (Å²) in [4.78, 5) is 25.5. The van der Waals surface area contributed by atoms with E-state index in [9.17, 15) is 9.59 Å². The fourth-order valence-corrected chi connectivity index (χ4v) is 4.06. The van der Waals surface area contributed by atoms with Crippen molar-refractivity contribution < 1.29 is 9.59 Å². The van der Waals surface area contributed by atoms with Gasteiger partial charge in [0, 0.05) is 23.2 Å². The third kappa shape index (κ3) is 5.48. The molecule has 3 aromatic rings. The summed E-state index contributed by atoms with van der Waals surface area (Å²) < 4.78 is 0. The molecule has 1 atom stereocenters. The Bertz CT molecular complexity index is 1020. The smallest absolute Gasteiger partial charge is 0.242 e. The van der Waals surface area contributed by atoms with Crippen molar-refractivity contribution in [3.05, 3.63) is 89.5 Å². The van der Waals surface area contributed by atoms with Crippen molar-refractivity contribution in [1.29, 1.82) is 0 Å². The standard InChI is InChI=1S/C24H24N2O2S/c1-16-9-7-14-22(17(16)2)26-24(28)23(19-10-5-4-6-11-19)29-21-13-8-12-20(15-21)25-18(3)27/h4-15,23H,1-3H3,(H,25,27)(H,26,28). The van der Waals surface area contributed by atoms with E-state index in [1.165, 1.54) is 18.7 Å². The van der Waals surface area contributed by atoms with Gasteiger partial charge in [-0.2, -0.15) is 0 Å². The van der Waals surface area contributed by atoms with E-state index >= 15 is 0 Å². The van der Waals surface area contributed by atoms with Gasteiger partial charge < -0.3 is 10.6 Å². The van der Waals surface area contributed by atoms with Crippen molar-refractivity contribution >= 4 is 35.0 Å². The first-order chi connectivity index (χ1) is 13.9. The molecule has 3 aromatic carbocycles. The van der Waals surface area contributed by atoms with Gasteiger partial charge in [0.1, 0.15) is 5.25 Å². The molecule has 0 saturated carbocycles. The molecule has 0 aromatic heterocycles. The summed E-state index contributed by atoms with van der Waals surface area (Å²) in [5.74, 6) is -0.209. The lowest BCUT2D eigenvalue weighted by Crippen LogP contribution is -2.19. The molecule has 0 heterocycles. The van der Waals surface area contributed by atoms with Gasteiger partial charge in [-0.3, -0.25) is 9.59 Å². The Labute approximate surface area is 175 Å². The van der Waals surface area contributed by atoms with Crippen LogP contribution in [0.5, 0.6) is 0 Å². The first kappa shape index (κ1) is 20.7. The Morgan fingerprint density at radius 2 is 1.59 bits per heavy atom. The Morgan fingerprint density at radius 1 is 0.862 bits per heavy atom. The highest BCUT2D eigenvalue weighted by molar-refractivity contribution is 8.00. The topological polar surface area (TPSA) is 58.2 Å². The number of carbonyl (C=O) groups excluding carboxylic acids is 2. The van der Waals surface area contributed by atoms with Crippen LogP contribution >= 0.6 is 11.8 Å². The maximum Gasteiger partial charge on any atom is 0.242 e. The van der Waals surface area contributed by atoms with Crippen molar-refractivity contribution in [3.63, 3.8) is 0 Å². The summed E-state index contributed by atoms with van der Waals surface area (Å²) in [5, 5.41) is 5.45. The van der Waals surface area contributed by atoms with Gasteiger partial charge in [-0.05, 0) is 54.8 Å². The van der Waals surface area contributed by atoms with Crippen LogP contribution in [0.2, 0.25) is 0 Å². The number of rotatable bonds is 6. The van der Waals surface area contributed by atoms with Crippen LogP contribution < -0.4 is 10.6 Å². The number of hydrogen-bond acceptors (Lipinski definition) is 3. The van der Waals surface area contributed by atoms with Gasteiger partial charge in [-0.25, -0.2) is 0 Å². The zero-order valence-electron chi connectivity index (χ0n) is 16.7.